The Morgan fingerprint density at radius 2 is 1.85 bits per heavy atom. The number of nitrogens with two attached hydrogens (primary N) is 2. The molecule has 1 amide bonds. The van der Waals surface area contributed by atoms with Gasteiger partial charge >= 0.3 is 5.97 Å². The average molecular weight is 651 g/mol. The number of nitrogens with one attached hydrogen (secondary N) is 2. The predicted molar refractivity (Wildman–Crippen MR) is 173 cm³/mol. The molecule has 0 saturated carbocycles. The summed E-state index contributed by atoms with van der Waals surface area (Å²) in [7, 11) is 1.82. The molecule has 0 aliphatic carbocycles. The highest BCUT2D eigenvalue weighted by Gasteiger charge is 2.18. The van der Waals surface area contributed by atoms with Gasteiger partial charge in [-0.25, -0.2) is 20.0 Å². The van der Waals surface area contributed by atoms with Crippen molar-refractivity contribution in [3.63, 3.8) is 0 Å². The van der Waals surface area contributed by atoms with Crippen molar-refractivity contribution in [2.24, 2.45) is 11.6 Å². The Morgan fingerprint density at radius 1 is 1.07 bits per heavy atom. The maximum Gasteiger partial charge on any atom is 0.338 e. The van der Waals surface area contributed by atoms with Crippen LogP contribution in [0.15, 0.2) is 84.1 Å². The van der Waals surface area contributed by atoms with Gasteiger partial charge in [-0.3, -0.25) is 4.79 Å². The fourth-order valence-electron chi connectivity index (χ4n) is 4.23. The van der Waals surface area contributed by atoms with E-state index in [4.69, 9.17) is 25.8 Å². The maximum absolute atomic E-state index is 14.5. The van der Waals surface area contributed by atoms with Crippen molar-refractivity contribution in [1.29, 1.82) is 0 Å². The predicted octanol–water partition coefficient (Wildman–Crippen LogP) is 4.15. The summed E-state index contributed by atoms with van der Waals surface area (Å²) in [6, 6.07) is 16.1. The number of carbonyl (C=O) groups excluding carboxylic acids is 1. The van der Waals surface area contributed by atoms with Gasteiger partial charge < -0.3 is 40.7 Å². The fourth-order valence-corrected chi connectivity index (χ4v) is 4.78. The number of rotatable bonds is 17. The number of aromatic nitrogens is 1. The SMILES string of the molecule is CNCCc1cc(OCCN(N)/C=C(\N)COc2ccccc2)c(Oc2ccc(C(=O)O)c(F)c2)cc1CC(=O)Nc1nccs1. The van der Waals surface area contributed by atoms with Gasteiger partial charge in [0.1, 0.15) is 30.5 Å². The number of halogens is 1. The number of carboxylic acids is 1. The molecule has 12 nitrogen and oxygen atoms in total. The molecule has 0 unspecified atom stereocenters. The molecule has 0 fully saturated rings. The zero-order chi connectivity index (χ0) is 32.9. The highest BCUT2D eigenvalue weighted by atomic mass is 32.1. The summed E-state index contributed by atoms with van der Waals surface area (Å²) in [6.07, 6.45) is 3.71. The van der Waals surface area contributed by atoms with E-state index in [9.17, 15) is 19.1 Å². The zero-order valence-corrected chi connectivity index (χ0v) is 25.9. The Bertz CT molecular complexity index is 1640. The number of benzene rings is 3. The summed E-state index contributed by atoms with van der Waals surface area (Å²) in [5.41, 5.74) is 7.46. The van der Waals surface area contributed by atoms with Gasteiger partial charge in [-0.1, -0.05) is 18.2 Å². The number of thiazole rings is 1. The van der Waals surface area contributed by atoms with E-state index in [0.29, 0.717) is 40.9 Å². The smallest absolute Gasteiger partial charge is 0.338 e. The number of carbonyl (C=O) groups is 2. The Hall–Kier alpha value is -5.18. The van der Waals surface area contributed by atoms with Gasteiger partial charge in [-0.05, 0) is 67.5 Å². The third-order valence-electron chi connectivity index (χ3n) is 6.43. The molecule has 242 valence electrons. The molecule has 0 aliphatic heterocycles. The lowest BCUT2D eigenvalue weighted by atomic mass is 10.00. The second-order valence-electron chi connectivity index (χ2n) is 9.92. The lowest BCUT2D eigenvalue weighted by Crippen LogP contribution is -2.31. The molecule has 1 heterocycles. The molecule has 46 heavy (non-hydrogen) atoms. The van der Waals surface area contributed by atoms with Gasteiger partial charge in [0.2, 0.25) is 5.91 Å². The van der Waals surface area contributed by atoms with Crippen LogP contribution in [0.2, 0.25) is 0 Å². The van der Waals surface area contributed by atoms with Crippen LogP contribution in [0.5, 0.6) is 23.0 Å². The van der Waals surface area contributed by atoms with Gasteiger partial charge in [0, 0.05) is 23.8 Å². The molecule has 14 heteroatoms. The number of hydrazine groups is 1. The topological polar surface area (TPSA) is 174 Å². The summed E-state index contributed by atoms with van der Waals surface area (Å²) in [5.74, 6) is 4.71. The number of hydrogen-bond donors (Lipinski definition) is 5. The molecule has 0 radical (unpaired) electrons. The zero-order valence-electron chi connectivity index (χ0n) is 25.1. The minimum absolute atomic E-state index is 0.00722. The van der Waals surface area contributed by atoms with Crippen LogP contribution in [0.1, 0.15) is 21.5 Å². The van der Waals surface area contributed by atoms with Gasteiger partial charge in [0.15, 0.2) is 16.6 Å². The number of nitrogens with zero attached hydrogens (tertiary/aromatic N) is 2. The first-order valence-corrected chi connectivity index (χ1v) is 15.1. The molecular weight excluding hydrogens is 615 g/mol. The van der Waals surface area contributed by atoms with E-state index in [1.54, 1.807) is 29.9 Å². The lowest BCUT2D eigenvalue weighted by molar-refractivity contribution is -0.115. The highest BCUT2D eigenvalue weighted by Crippen LogP contribution is 2.36. The van der Waals surface area contributed by atoms with E-state index >= 15 is 0 Å². The minimum Gasteiger partial charge on any atom is -0.488 e. The quantitative estimate of drug-likeness (QED) is 0.0820. The van der Waals surface area contributed by atoms with Crippen LogP contribution in [0.4, 0.5) is 9.52 Å². The molecule has 3 aromatic carbocycles. The summed E-state index contributed by atoms with van der Waals surface area (Å²) >= 11 is 1.30. The van der Waals surface area contributed by atoms with Crippen molar-refractivity contribution in [1.82, 2.24) is 15.3 Å². The van der Waals surface area contributed by atoms with Crippen LogP contribution in [-0.4, -0.2) is 60.3 Å². The number of anilines is 1. The molecule has 0 aliphatic rings. The van der Waals surface area contributed by atoms with Crippen molar-refractivity contribution in [2.75, 3.05) is 38.7 Å². The molecule has 0 saturated heterocycles. The first-order valence-electron chi connectivity index (χ1n) is 14.2. The van der Waals surface area contributed by atoms with Gasteiger partial charge in [-0.2, -0.15) is 0 Å². The Morgan fingerprint density at radius 3 is 2.54 bits per heavy atom. The van der Waals surface area contributed by atoms with E-state index in [1.807, 2.05) is 37.4 Å². The molecule has 4 aromatic rings. The fraction of sp³-hybridized carbons (Fsp3) is 0.219. The molecular formula is C32H35FN6O6S. The standard InChI is InChI=1S/C32H35FN6O6S/c1-36-10-9-21-15-28(43-13-12-39(35)19-23(34)20-44-24-5-3-2-4-6-24)29(45-25-7-8-26(31(41)42)27(33)18-25)16-22(21)17-30(40)38-32-37-11-14-46-32/h2-8,11,14-16,18-19,36H,9-10,12-13,17,20,34-35H2,1H3,(H,41,42)(H,37,38,40)/b23-19-. The number of para-hydroxylation sites is 1. The van der Waals surface area contributed by atoms with E-state index in [2.05, 4.69) is 15.6 Å². The van der Waals surface area contributed by atoms with Crippen LogP contribution in [0, 0.1) is 5.82 Å². The number of ether oxygens (including phenoxy) is 3. The number of hydrogen-bond acceptors (Lipinski definition) is 11. The summed E-state index contributed by atoms with van der Waals surface area (Å²) in [5, 5.41) is 18.7. The molecule has 0 atom stereocenters. The normalized spacial score (nSPS) is 11.2. The minimum atomic E-state index is -1.40. The Balaban J connectivity index is 1.53. The maximum atomic E-state index is 14.5. The molecule has 0 spiro atoms. The summed E-state index contributed by atoms with van der Waals surface area (Å²) in [6.45, 7) is 1.10. The highest BCUT2D eigenvalue weighted by molar-refractivity contribution is 7.13. The number of amides is 1. The molecule has 7 N–H and O–H groups in total. The van der Waals surface area contributed by atoms with Gasteiger partial charge in [-0.15, -0.1) is 11.3 Å². The second-order valence-corrected chi connectivity index (χ2v) is 10.8. The van der Waals surface area contributed by atoms with Crippen LogP contribution in [0.25, 0.3) is 0 Å². The van der Waals surface area contributed by atoms with Crippen molar-refractivity contribution < 1.29 is 33.3 Å². The van der Waals surface area contributed by atoms with Crippen molar-refractivity contribution >= 4 is 28.3 Å². The third-order valence-corrected chi connectivity index (χ3v) is 7.11. The molecule has 4 rings (SSSR count). The van der Waals surface area contributed by atoms with Gasteiger partial charge in [0.25, 0.3) is 0 Å². The van der Waals surface area contributed by atoms with Crippen LogP contribution in [0.3, 0.4) is 0 Å². The van der Waals surface area contributed by atoms with Crippen LogP contribution in [-0.2, 0) is 17.6 Å². The third kappa shape index (κ3) is 10.2. The summed E-state index contributed by atoms with van der Waals surface area (Å²) in [4.78, 5) is 28.3. The second kappa shape index (κ2) is 16.8. The number of aromatic carboxylic acids is 1. The van der Waals surface area contributed by atoms with Crippen LogP contribution < -0.4 is 36.4 Å². The molecule has 0 bridgehead atoms. The van der Waals surface area contributed by atoms with E-state index < -0.39 is 17.3 Å². The number of carboxylic acid groups (broad SMARTS) is 1. The molecule has 1 aromatic heterocycles. The Kier molecular flexibility index (Phi) is 12.3. The lowest BCUT2D eigenvalue weighted by Gasteiger charge is -2.20. The number of likely N-dealkylation sites (N-methyl/N-ethyl adjacent to an activating group) is 1. The van der Waals surface area contributed by atoms with Crippen molar-refractivity contribution in [3.8, 4) is 23.0 Å². The van der Waals surface area contributed by atoms with Gasteiger partial charge in [0.05, 0.1) is 24.2 Å². The van der Waals surface area contributed by atoms with Crippen molar-refractivity contribution in [3.05, 3.63) is 107 Å². The summed E-state index contributed by atoms with van der Waals surface area (Å²) < 4.78 is 32.2. The van der Waals surface area contributed by atoms with E-state index in [1.165, 1.54) is 22.4 Å². The van der Waals surface area contributed by atoms with Crippen LogP contribution >= 0.6 is 11.3 Å². The largest absolute Gasteiger partial charge is 0.488 e. The van der Waals surface area contributed by atoms with Crippen molar-refractivity contribution in [2.45, 2.75) is 12.8 Å². The first-order chi connectivity index (χ1) is 22.2. The average Bonchev–Trinajstić information content (AvgIpc) is 3.53. The monoisotopic (exact) mass is 650 g/mol. The van der Waals surface area contributed by atoms with E-state index in [-0.39, 0.29) is 43.6 Å². The van der Waals surface area contributed by atoms with E-state index in [0.717, 1.165) is 17.7 Å². The Labute approximate surface area is 269 Å². The first kappa shape index (κ1) is 33.7.